The number of nitrogens with one attached hydrogen (secondary N) is 3. The molecule has 15 heteroatoms. The molecule has 1 saturated heterocycles. The zero-order valence-electron chi connectivity index (χ0n) is 23.0. The van der Waals surface area contributed by atoms with Crippen molar-refractivity contribution in [2.24, 2.45) is 17.6 Å². The first kappa shape index (κ1) is 33.2. The Labute approximate surface area is 234 Å². The van der Waals surface area contributed by atoms with Gasteiger partial charge in [-0.3, -0.25) is 24.0 Å². The number of hydrogen-bond donors (Lipinski definition) is 5. The van der Waals surface area contributed by atoms with E-state index in [0.29, 0.717) is 0 Å². The molecule has 1 heterocycles. The molecule has 1 unspecified atom stereocenters. The molecule has 4 amide bonds. The number of carbonyl (C=O) groups is 6. The SMILES string of the molecule is CC(C)[C@H](NC(=O)Nc1ccc(C(=O)NCC(=O)O)cc1)C(=O)N1CCC[C@H]1C(=O)C(N)(C(=O)C(F)(F)F)C(C)C. The van der Waals surface area contributed by atoms with Gasteiger partial charge in [0.15, 0.2) is 5.78 Å². The second kappa shape index (κ2) is 13.1. The molecule has 0 saturated carbocycles. The molecule has 1 fully saturated rings. The summed E-state index contributed by atoms with van der Waals surface area (Å²) in [6.45, 7) is 5.13. The molecule has 3 atom stereocenters. The Bertz CT molecular complexity index is 1190. The summed E-state index contributed by atoms with van der Waals surface area (Å²) in [6.07, 6.45) is -5.08. The van der Waals surface area contributed by atoms with Crippen LogP contribution in [0.15, 0.2) is 24.3 Å². The number of urea groups is 1. The number of aliphatic carboxylic acids is 1. The fraction of sp³-hybridized carbons (Fsp3) is 0.538. The lowest BCUT2D eigenvalue weighted by Crippen LogP contribution is -2.67. The lowest BCUT2D eigenvalue weighted by molar-refractivity contribution is -0.180. The Balaban J connectivity index is 2.17. The number of carboxylic acid groups (broad SMARTS) is 1. The molecule has 41 heavy (non-hydrogen) atoms. The van der Waals surface area contributed by atoms with Gasteiger partial charge < -0.3 is 31.7 Å². The molecule has 6 N–H and O–H groups in total. The number of alkyl halides is 3. The van der Waals surface area contributed by atoms with E-state index in [4.69, 9.17) is 10.8 Å². The van der Waals surface area contributed by atoms with Crippen LogP contribution in [-0.2, 0) is 19.2 Å². The first-order chi connectivity index (χ1) is 18.9. The van der Waals surface area contributed by atoms with Crippen LogP contribution in [0.2, 0.25) is 0 Å². The Hall–Kier alpha value is -4.01. The third-order valence-electron chi connectivity index (χ3n) is 6.81. The summed E-state index contributed by atoms with van der Waals surface area (Å²) in [5.74, 6) is -7.88. The molecule has 1 aromatic rings. The van der Waals surface area contributed by atoms with Gasteiger partial charge in [0, 0.05) is 17.8 Å². The maximum atomic E-state index is 13.5. The van der Waals surface area contributed by atoms with Crippen molar-refractivity contribution in [1.29, 1.82) is 0 Å². The monoisotopic (exact) mass is 585 g/mol. The standard InChI is InChI=1S/C26H34F3N5O7/c1-13(2)19(33-24(41)32-16-9-7-15(8-10-16)21(38)31-12-18(35)36)22(39)34-11-5-6-17(34)20(37)25(30,14(3)4)23(40)26(27,28)29/h7-10,13-14,17,19H,5-6,11-12,30H2,1-4H3,(H,31,38)(H,35,36)(H2,32,33,41)/t17-,19-,25?/m0/s1. The topological polar surface area (TPSA) is 188 Å². The molecular formula is C26H34F3N5O7. The maximum Gasteiger partial charge on any atom is 0.452 e. The van der Waals surface area contributed by atoms with Crippen molar-refractivity contribution in [1.82, 2.24) is 15.5 Å². The summed E-state index contributed by atoms with van der Waals surface area (Å²) in [6, 6.07) is 2.05. The van der Waals surface area contributed by atoms with Gasteiger partial charge in [0.2, 0.25) is 5.91 Å². The molecule has 1 aliphatic rings. The highest BCUT2D eigenvalue weighted by Crippen LogP contribution is 2.32. The molecule has 1 aliphatic heterocycles. The van der Waals surface area contributed by atoms with Crippen LogP contribution in [0.25, 0.3) is 0 Å². The number of rotatable bonds is 11. The van der Waals surface area contributed by atoms with Gasteiger partial charge in [-0.1, -0.05) is 27.7 Å². The summed E-state index contributed by atoms with van der Waals surface area (Å²) in [4.78, 5) is 75.3. The molecule has 0 aliphatic carbocycles. The zero-order chi connectivity index (χ0) is 31.3. The average molecular weight is 586 g/mol. The minimum Gasteiger partial charge on any atom is -0.480 e. The smallest absolute Gasteiger partial charge is 0.452 e. The number of Topliss-reactive ketones (excluding diaryl/α,β-unsaturated/α-hetero) is 2. The summed E-state index contributed by atoms with van der Waals surface area (Å²) < 4.78 is 40.0. The fourth-order valence-corrected chi connectivity index (χ4v) is 4.44. The Kier molecular flexibility index (Phi) is 10.6. The number of nitrogens with two attached hydrogens (primary N) is 1. The molecule has 226 valence electrons. The number of halogens is 3. The number of amides is 4. The Morgan fingerprint density at radius 3 is 2.12 bits per heavy atom. The van der Waals surface area contributed by atoms with Gasteiger partial charge in [0.05, 0.1) is 6.04 Å². The van der Waals surface area contributed by atoms with Crippen molar-refractivity contribution in [3.63, 3.8) is 0 Å². The fourth-order valence-electron chi connectivity index (χ4n) is 4.44. The van der Waals surface area contributed by atoms with Crippen molar-refractivity contribution in [3.8, 4) is 0 Å². The van der Waals surface area contributed by atoms with Crippen LogP contribution in [0.5, 0.6) is 0 Å². The average Bonchev–Trinajstić information content (AvgIpc) is 3.38. The van der Waals surface area contributed by atoms with Gasteiger partial charge >= 0.3 is 18.2 Å². The van der Waals surface area contributed by atoms with Crippen LogP contribution in [-0.4, -0.2) is 82.3 Å². The molecule has 0 aromatic heterocycles. The number of carboxylic acids is 1. The maximum absolute atomic E-state index is 13.5. The largest absolute Gasteiger partial charge is 0.480 e. The van der Waals surface area contributed by atoms with E-state index in [1.807, 2.05) is 0 Å². The Morgan fingerprint density at radius 1 is 1.05 bits per heavy atom. The minimum atomic E-state index is -5.36. The van der Waals surface area contributed by atoms with Crippen LogP contribution in [0.3, 0.4) is 0 Å². The van der Waals surface area contributed by atoms with Gasteiger partial charge in [-0.25, -0.2) is 4.79 Å². The normalized spacial score (nSPS) is 17.5. The lowest BCUT2D eigenvalue weighted by atomic mass is 9.76. The number of likely N-dealkylation sites (tertiary alicyclic amines) is 1. The van der Waals surface area contributed by atoms with E-state index < -0.39 is 77.6 Å². The van der Waals surface area contributed by atoms with Crippen molar-refractivity contribution in [3.05, 3.63) is 29.8 Å². The van der Waals surface area contributed by atoms with Crippen LogP contribution < -0.4 is 21.7 Å². The van der Waals surface area contributed by atoms with Crippen LogP contribution >= 0.6 is 0 Å². The van der Waals surface area contributed by atoms with E-state index in [-0.39, 0.29) is 30.6 Å². The van der Waals surface area contributed by atoms with Gasteiger partial charge in [0.1, 0.15) is 18.1 Å². The summed E-state index contributed by atoms with van der Waals surface area (Å²) in [5.41, 5.74) is 3.31. The predicted octanol–water partition coefficient (Wildman–Crippen LogP) is 1.69. The number of benzene rings is 1. The van der Waals surface area contributed by atoms with Crippen LogP contribution in [0.4, 0.5) is 23.7 Å². The van der Waals surface area contributed by atoms with E-state index in [2.05, 4.69) is 16.0 Å². The first-order valence-corrected chi connectivity index (χ1v) is 12.8. The van der Waals surface area contributed by atoms with Crippen molar-refractivity contribution in [2.75, 3.05) is 18.4 Å². The number of ketones is 2. The number of carbonyl (C=O) groups excluding carboxylic acids is 5. The minimum absolute atomic E-state index is 0.00475. The summed E-state index contributed by atoms with van der Waals surface area (Å²) in [5, 5.41) is 15.8. The number of anilines is 1. The molecule has 0 spiro atoms. The molecular weight excluding hydrogens is 551 g/mol. The molecule has 2 rings (SSSR count). The van der Waals surface area contributed by atoms with E-state index in [1.165, 1.54) is 38.1 Å². The van der Waals surface area contributed by atoms with Gasteiger partial charge in [-0.15, -0.1) is 0 Å². The van der Waals surface area contributed by atoms with Crippen molar-refractivity contribution >= 4 is 41.1 Å². The summed E-state index contributed by atoms with van der Waals surface area (Å²) in [7, 11) is 0. The van der Waals surface area contributed by atoms with E-state index in [0.717, 1.165) is 4.90 Å². The van der Waals surface area contributed by atoms with E-state index >= 15 is 0 Å². The predicted molar refractivity (Wildman–Crippen MR) is 140 cm³/mol. The second-order valence-electron chi connectivity index (χ2n) is 10.4. The molecule has 0 radical (unpaired) electrons. The van der Waals surface area contributed by atoms with Crippen molar-refractivity contribution < 1.29 is 47.0 Å². The number of hydrogen-bond acceptors (Lipinski definition) is 7. The highest BCUT2D eigenvalue weighted by molar-refractivity contribution is 6.16. The van der Waals surface area contributed by atoms with Crippen molar-refractivity contribution in [2.45, 2.75) is 64.3 Å². The van der Waals surface area contributed by atoms with E-state index in [1.54, 1.807) is 13.8 Å². The van der Waals surface area contributed by atoms with Crippen LogP contribution in [0.1, 0.15) is 50.9 Å². The first-order valence-electron chi connectivity index (χ1n) is 12.8. The summed E-state index contributed by atoms with van der Waals surface area (Å²) >= 11 is 0. The molecule has 0 bridgehead atoms. The van der Waals surface area contributed by atoms with Gasteiger partial charge in [0.25, 0.3) is 11.7 Å². The highest BCUT2D eigenvalue weighted by atomic mass is 19.4. The van der Waals surface area contributed by atoms with Gasteiger partial charge in [-0.2, -0.15) is 13.2 Å². The molecule has 12 nitrogen and oxygen atoms in total. The van der Waals surface area contributed by atoms with E-state index in [9.17, 15) is 41.9 Å². The van der Waals surface area contributed by atoms with Gasteiger partial charge in [-0.05, 0) is 48.9 Å². The van der Waals surface area contributed by atoms with Crippen LogP contribution in [0, 0.1) is 11.8 Å². The quantitative estimate of drug-likeness (QED) is 0.243. The third kappa shape index (κ3) is 7.80. The zero-order valence-corrected chi connectivity index (χ0v) is 23.0. The second-order valence-corrected chi connectivity index (χ2v) is 10.4. The number of nitrogens with zero attached hydrogens (tertiary/aromatic N) is 1. The Morgan fingerprint density at radius 2 is 1.63 bits per heavy atom. The highest BCUT2D eigenvalue weighted by Gasteiger charge is 2.59. The third-order valence-corrected chi connectivity index (χ3v) is 6.81. The molecule has 1 aromatic carbocycles. The lowest BCUT2D eigenvalue weighted by Gasteiger charge is -2.37.